The number of aryl methyl sites for hydroxylation is 2. The Labute approximate surface area is 270 Å². The Bertz CT molecular complexity index is 1660. The topological polar surface area (TPSA) is 0 Å². The minimum atomic E-state index is -0.943. The van der Waals surface area contributed by atoms with Gasteiger partial charge in [0.25, 0.3) is 0 Å². The molecule has 0 radical (unpaired) electrons. The molecular formula is C38H38Cl2Zr. The smallest absolute Gasteiger partial charge is 1.00 e. The molecule has 2 atom stereocenters. The van der Waals surface area contributed by atoms with Crippen molar-refractivity contribution in [2.24, 2.45) is 5.92 Å². The predicted molar refractivity (Wildman–Crippen MR) is 165 cm³/mol. The van der Waals surface area contributed by atoms with Crippen LogP contribution in [0.3, 0.4) is 0 Å². The van der Waals surface area contributed by atoms with Crippen LogP contribution >= 0.6 is 0 Å². The van der Waals surface area contributed by atoms with Gasteiger partial charge in [0.2, 0.25) is 0 Å². The first-order valence-corrected chi connectivity index (χ1v) is 17.1. The largest absolute Gasteiger partial charge is 1.00 e. The Balaban J connectivity index is 0.00000194. The number of halogens is 2. The number of benzene rings is 4. The minimum absolute atomic E-state index is 0. The van der Waals surface area contributed by atoms with Gasteiger partial charge >= 0.3 is 248 Å². The van der Waals surface area contributed by atoms with Gasteiger partial charge in [-0.05, 0) is 0 Å². The molecule has 6 rings (SSSR count). The summed E-state index contributed by atoms with van der Waals surface area (Å²) in [7, 11) is 0. The third-order valence-electron chi connectivity index (χ3n) is 9.15. The van der Waals surface area contributed by atoms with Crippen LogP contribution in [0.4, 0.5) is 0 Å². The summed E-state index contributed by atoms with van der Waals surface area (Å²) in [5.41, 5.74) is 20.5. The molecule has 0 fully saturated rings. The molecule has 0 saturated heterocycles. The van der Waals surface area contributed by atoms with E-state index in [9.17, 15) is 0 Å². The fourth-order valence-electron chi connectivity index (χ4n) is 6.67. The van der Waals surface area contributed by atoms with Gasteiger partial charge in [-0.2, -0.15) is 0 Å². The molecule has 4 aromatic carbocycles. The van der Waals surface area contributed by atoms with E-state index >= 15 is 0 Å². The zero-order valence-corrected chi connectivity index (χ0v) is 29.0. The van der Waals surface area contributed by atoms with Crippen LogP contribution in [0.1, 0.15) is 72.5 Å². The van der Waals surface area contributed by atoms with Crippen LogP contribution in [0.25, 0.3) is 34.4 Å². The number of allylic oxidation sites excluding steroid dienone is 2. The standard InChI is InChI=1S/C20H21.C18H17.2ClH.Zr/c1-12-10-19-14(3)7-9-18(20(19)11-12)17-8-6-13(2)15(4)16(17)5;1-13(2)16-11-15-9-6-10-17(18(15)12-16)14-7-4-3-5-8-14;;;/h6-11H,1-5H3;3-13H,1-2H3;2*1H;/q;;;;+2/p-2. The first kappa shape index (κ1) is 31.8. The maximum absolute atomic E-state index is 2.56. The summed E-state index contributed by atoms with van der Waals surface area (Å²) in [6, 6.07) is 27.4. The Kier molecular flexibility index (Phi) is 9.75. The second-order valence-corrected chi connectivity index (χ2v) is 15.5. The van der Waals surface area contributed by atoms with E-state index in [0.29, 0.717) is 13.2 Å². The van der Waals surface area contributed by atoms with E-state index in [2.05, 4.69) is 133 Å². The second kappa shape index (κ2) is 12.6. The molecule has 0 aromatic heterocycles. The number of hydrogen-bond acceptors (Lipinski definition) is 0. The van der Waals surface area contributed by atoms with Crippen LogP contribution < -0.4 is 24.8 Å². The SMILES string of the molecule is CC1=Cc2c(-c3ccc(C)c(C)c3C)ccc(C)c2[CH]1[Zr+2][CH]1C(C(C)C)=Cc2c(-c3ccccc3)cccc21.[Cl-].[Cl-]. The number of fused-ring (bicyclic) bond motifs is 2. The molecule has 41 heavy (non-hydrogen) atoms. The molecular weight excluding hydrogens is 619 g/mol. The van der Waals surface area contributed by atoms with E-state index in [-0.39, 0.29) is 24.8 Å². The maximum atomic E-state index is 2.56. The van der Waals surface area contributed by atoms with Gasteiger partial charge in [0.15, 0.2) is 0 Å². The first-order valence-electron chi connectivity index (χ1n) is 14.3. The Morgan fingerprint density at radius 3 is 1.98 bits per heavy atom. The van der Waals surface area contributed by atoms with Crippen molar-refractivity contribution in [2.45, 2.75) is 55.7 Å². The van der Waals surface area contributed by atoms with E-state index in [1.54, 1.807) is 22.3 Å². The molecule has 2 aliphatic carbocycles. The molecule has 3 heteroatoms. The predicted octanol–water partition coefficient (Wildman–Crippen LogP) is 4.60. The van der Waals surface area contributed by atoms with Crippen LogP contribution in [0, 0.1) is 33.6 Å². The second-order valence-electron chi connectivity index (χ2n) is 11.8. The maximum Gasteiger partial charge on any atom is -1.00 e. The average molecular weight is 657 g/mol. The van der Waals surface area contributed by atoms with Gasteiger partial charge in [-0.15, -0.1) is 0 Å². The summed E-state index contributed by atoms with van der Waals surface area (Å²) in [4.78, 5) is 0. The van der Waals surface area contributed by atoms with Crippen molar-refractivity contribution in [2.75, 3.05) is 0 Å². The van der Waals surface area contributed by atoms with E-state index < -0.39 is 23.2 Å². The van der Waals surface area contributed by atoms with Gasteiger partial charge in [-0.3, -0.25) is 0 Å². The third-order valence-corrected chi connectivity index (χ3v) is 14.2. The Hall–Kier alpha value is -2.18. The van der Waals surface area contributed by atoms with Gasteiger partial charge in [-0.1, -0.05) is 0 Å². The molecule has 0 N–H and O–H groups in total. The molecule has 0 aliphatic heterocycles. The van der Waals surface area contributed by atoms with Gasteiger partial charge in [0, 0.05) is 0 Å². The third kappa shape index (κ3) is 5.51. The van der Waals surface area contributed by atoms with E-state index in [1.165, 1.54) is 55.6 Å². The molecule has 2 unspecified atom stereocenters. The molecule has 0 spiro atoms. The van der Waals surface area contributed by atoms with Crippen molar-refractivity contribution in [3.05, 3.63) is 128 Å². The van der Waals surface area contributed by atoms with Crippen LogP contribution in [-0.4, -0.2) is 0 Å². The van der Waals surface area contributed by atoms with E-state index in [4.69, 9.17) is 0 Å². The van der Waals surface area contributed by atoms with Crippen LogP contribution in [0.15, 0.2) is 83.9 Å². The molecule has 0 nitrogen and oxygen atoms in total. The van der Waals surface area contributed by atoms with E-state index in [0.717, 1.165) is 0 Å². The average Bonchev–Trinajstić information content (AvgIpc) is 3.47. The molecule has 0 bridgehead atoms. The summed E-state index contributed by atoms with van der Waals surface area (Å²) >= 11 is -0.943. The monoisotopic (exact) mass is 654 g/mol. The number of rotatable bonds is 5. The summed E-state index contributed by atoms with van der Waals surface area (Å²) in [6.45, 7) is 16.3. The van der Waals surface area contributed by atoms with Crippen LogP contribution in [-0.2, 0) is 23.2 Å². The number of hydrogen-bond donors (Lipinski definition) is 0. The van der Waals surface area contributed by atoms with Gasteiger partial charge < -0.3 is 24.8 Å². The molecule has 0 saturated carbocycles. The van der Waals surface area contributed by atoms with Crippen molar-refractivity contribution >= 4 is 12.2 Å². The minimum Gasteiger partial charge on any atom is -1.00 e. The summed E-state index contributed by atoms with van der Waals surface area (Å²) in [5, 5.41) is 0. The van der Waals surface area contributed by atoms with Crippen LogP contribution in [0.2, 0.25) is 0 Å². The summed E-state index contributed by atoms with van der Waals surface area (Å²) in [6.07, 6.45) is 5.09. The summed E-state index contributed by atoms with van der Waals surface area (Å²) < 4.78 is 1.21. The first-order chi connectivity index (χ1) is 18.8. The fraction of sp³-hybridized carbons (Fsp3) is 0.263. The molecule has 0 heterocycles. The molecule has 0 amide bonds. The van der Waals surface area contributed by atoms with Crippen molar-refractivity contribution in [1.29, 1.82) is 0 Å². The van der Waals surface area contributed by atoms with Crippen molar-refractivity contribution < 1.29 is 48.0 Å². The molecule has 2 aliphatic rings. The molecule has 4 aromatic rings. The van der Waals surface area contributed by atoms with Crippen molar-refractivity contribution in [3.63, 3.8) is 0 Å². The van der Waals surface area contributed by atoms with Gasteiger partial charge in [0.05, 0.1) is 0 Å². The van der Waals surface area contributed by atoms with Gasteiger partial charge in [0.1, 0.15) is 0 Å². The van der Waals surface area contributed by atoms with Gasteiger partial charge in [-0.25, -0.2) is 0 Å². The quantitative estimate of drug-likeness (QED) is 0.295. The van der Waals surface area contributed by atoms with Crippen LogP contribution in [0.5, 0.6) is 0 Å². The zero-order valence-electron chi connectivity index (χ0n) is 25.1. The summed E-state index contributed by atoms with van der Waals surface area (Å²) in [5.74, 6) is 0.558. The Morgan fingerprint density at radius 2 is 1.27 bits per heavy atom. The Morgan fingerprint density at radius 1 is 0.585 bits per heavy atom. The normalized spacial score (nSPS) is 16.7. The van der Waals surface area contributed by atoms with Crippen molar-refractivity contribution in [3.8, 4) is 22.3 Å². The molecule has 208 valence electrons. The van der Waals surface area contributed by atoms with E-state index in [1.807, 2.05) is 0 Å². The zero-order chi connectivity index (χ0) is 27.4. The fourth-order valence-corrected chi connectivity index (χ4v) is 12.2. The van der Waals surface area contributed by atoms with Crippen molar-refractivity contribution in [1.82, 2.24) is 0 Å².